The Labute approximate surface area is 123 Å². The van der Waals surface area contributed by atoms with Crippen LogP contribution < -0.4 is 11.1 Å². The van der Waals surface area contributed by atoms with E-state index in [4.69, 9.17) is 5.73 Å². The van der Waals surface area contributed by atoms with Gasteiger partial charge in [-0.1, -0.05) is 12.8 Å². The molecule has 1 amide bonds. The van der Waals surface area contributed by atoms with Gasteiger partial charge in [-0.15, -0.1) is 0 Å². The number of fused-ring (bicyclic) bond motifs is 1. The molecule has 0 bridgehead atoms. The monoisotopic (exact) mass is 287 g/mol. The highest BCUT2D eigenvalue weighted by molar-refractivity contribution is 5.95. The molecule has 1 aliphatic carbocycles. The van der Waals surface area contributed by atoms with Gasteiger partial charge in [0.25, 0.3) is 0 Å². The first kappa shape index (κ1) is 14.0. The van der Waals surface area contributed by atoms with E-state index in [9.17, 15) is 4.79 Å². The summed E-state index contributed by atoms with van der Waals surface area (Å²) in [7, 11) is 1.86. The van der Waals surface area contributed by atoms with E-state index in [1.54, 1.807) is 10.9 Å². The number of hydrogen-bond acceptors (Lipinski definition) is 4. The van der Waals surface area contributed by atoms with Gasteiger partial charge in [-0.25, -0.2) is 4.98 Å². The molecule has 1 saturated carbocycles. The highest BCUT2D eigenvalue weighted by Gasteiger charge is 2.28. The van der Waals surface area contributed by atoms with Gasteiger partial charge in [0.2, 0.25) is 5.91 Å². The van der Waals surface area contributed by atoms with Crippen molar-refractivity contribution in [1.82, 2.24) is 14.8 Å². The van der Waals surface area contributed by atoms with Gasteiger partial charge in [0.15, 0.2) is 5.65 Å². The molecule has 0 aromatic carbocycles. The van der Waals surface area contributed by atoms with Crippen LogP contribution in [0.4, 0.5) is 5.69 Å². The molecule has 21 heavy (non-hydrogen) atoms. The van der Waals surface area contributed by atoms with Crippen LogP contribution >= 0.6 is 0 Å². The van der Waals surface area contributed by atoms with E-state index in [-0.39, 0.29) is 17.9 Å². The molecule has 0 spiro atoms. The normalized spacial score (nSPS) is 22.4. The van der Waals surface area contributed by atoms with E-state index >= 15 is 0 Å². The van der Waals surface area contributed by atoms with Crippen LogP contribution in [0.1, 0.15) is 31.4 Å². The van der Waals surface area contributed by atoms with Gasteiger partial charge >= 0.3 is 0 Å². The molecule has 2 heterocycles. The van der Waals surface area contributed by atoms with Crippen LogP contribution in [0.2, 0.25) is 0 Å². The number of nitrogens with zero attached hydrogens (tertiary/aromatic N) is 3. The summed E-state index contributed by atoms with van der Waals surface area (Å²) in [6.07, 6.45) is 5.67. The molecule has 3 N–H and O–H groups in total. The van der Waals surface area contributed by atoms with E-state index < -0.39 is 0 Å². The number of rotatable bonds is 2. The SMILES string of the molecule is Cc1nn(C)c2ncc(NC(=O)C3CCCCC3N)cc12. The number of carbonyl (C=O) groups is 1. The topological polar surface area (TPSA) is 85.8 Å². The fraction of sp³-hybridized carbons (Fsp3) is 0.533. The van der Waals surface area contributed by atoms with Crippen molar-refractivity contribution in [2.24, 2.45) is 18.7 Å². The number of aryl methyl sites for hydroxylation is 2. The van der Waals surface area contributed by atoms with Crippen molar-refractivity contribution >= 4 is 22.6 Å². The first-order chi connectivity index (χ1) is 10.1. The van der Waals surface area contributed by atoms with Gasteiger partial charge in [-0.05, 0) is 25.8 Å². The summed E-state index contributed by atoms with van der Waals surface area (Å²) in [5.41, 5.74) is 8.50. The van der Waals surface area contributed by atoms with Crippen LogP contribution in [0, 0.1) is 12.8 Å². The summed E-state index contributed by atoms with van der Waals surface area (Å²) in [4.78, 5) is 16.7. The van der Waals surface area contributed by atoms with Crippen molar-refractivity contribution in [2.45, 2.75) is 38.6 Å². The third-order valence-corrected chi connectivity index (χ3v) is 4.29. The standard InChI is InChI=1S/C15H21N5O/c1-9-12-7-10(8-17-14(12)20(2)19-9)18-15(21)11-5-3-4-6-13(11)16/h7-8,11,13H,3-6,16H2,1-2H3,(H,18,21). The average Bonchev–Trinajstić information content (AvgIpc) is 2.74. The molecule has 2 aromatic rings. The van der Waals surface area contributed by atoms with Gasteiger partial charge in [0, 0.05) is 18.5 Å². The molecule has 3 rings (SSSR count). The first-order valence-corrected chi connectivity index (χ1v) is 7.42. The molecule has 1 fully saturated rings. The molecule has 6 nitrogen and oxygen atoms in total. The van der Waals surface area contributed by atoms with E-state index in [1.165, 1.54) is 0 Å². The zero-order chi connectivity index (χ0) is 15.0. The van der Waals surface area contributed by atoms with E-state index in [1.807, 2.05) is 20.0 Å². The third-order valence-electron chi connectivity index (χ3n) is 4.29. The van der Waals surface area contributed by atoms with Crippen LogP contribution in [0.3, 0.4) is 0 Å². The van der Waals surface area contributed by atoms with Crippen molar-refractivity contribution in [3.63, 3.8) is 0 Å². The lowest BCUT2D eigenvalue weighted by Crippen LogP contribution is -2.40. The van der Waals surface area contributed by atoms with E-state index in [0.29, 0.717) is 5.69 Å². The van der Waals surface area contributed by atoms with Gasteiger partial charge in [-0.3, -0.25) is 9.48 Å². The molecule has 0 saturated heterocycles. The van der Waals surface area contributed by atoms with Crippen LogP contribution in [0.25, 0.3) is 11.0 Å². The Kier molecular flexibility index (Phi) is 3.63. The highest BCUT2D eigenvalue weighted by Crippen LogP contribution is 2.25. The van der Waals surface area contributed by atoms with Crippen molar-refractivity contribution in [3.05, 3.63) is 18.0 Å². The lowest BCUT2D eigenvalue weighted by atomic mass is 9.84. The Morgan fingerprint density at radius 1 is 1.43 bits per heavy atom. The molecule has 6 heteroatoms. The van der Waals surface area contributed by atoms with Crippen molar-refractivity contribution in [2.75, 3.05) is 5.32 Å². The predicted octanol–water partition coefficient (Wildman–Crippen LogP) is 1.73. The van der Waals surface area contributed by atoms with Crippen LogP contribution in [0.5, 0.6) is 0 Å². The predicted molar refractivity (Wildman–Crippen MR) is 81.8 cm³/mol. The quantitative estimate of drug-likeness (QED) is 0.881. The fourth-order valence-electron chi connectivity index (χ4n) is 3.10. The minimum Gasteiger partial charge on any atom is -0.327 e. The molecular weight excluding hydrogens is 266 g/mol. The summed E-state index contributed by atoms with van der Waals surface area (Å²) in [5.74, 6) is -0.0886. The maximum absolute atomic E-state index is 12.4. The first-order valence-electron chi connectivity index (χ1n) is 7.42. The number of pyridine rings is 1. The number of carbonyl (C=O) groups excluding carboxylic acids is 1. The number of nitrogens with two attached hydrogens (primary N) is 1. The third kappa shape index (κ3) is 2.63. The second-order valence-electron chi connectivity index (χ2n) is 5.85. The number of hydrogen-bond donors (Lipinski definition) is 2. The van der Waals surface area contributed by atoms with Gasteiger partial charge < -0.3 is 11.1 Å². The Morgan fingerprint density at radius 3 is 2.95 bits per heavy atom. The number of nitrogens with one attached hydrogen (secondary N) is 1. The number of amides is 1. The number of anilines is 1. The average molecular weight is 287 g/mol. The Bertz CT molecular complexity index is 678. The Morgan fingerprint density at radius 2 is 2.19 bits per heavy atom. The summed E-state index contributed by atoms with van der Waals surface area (Å²) in [5, 5.41) is 8.25. The lowest BCUT2D eigenvalue weighted by Gasteiger charge is -2.27. The lowest BCUT2D eigenvalue weighted by molar-refractivity contribution is -0.121. The second kappa shape index (κ2) is 5.44. The molecule has 0 radical (unpaired) electrons. The Hall–Kier alpha value is -1.95. The fourth-order valence-corrected chi connectivity index (χ4v) is 3.10. The van der Waals surface area contributed by atoms with Crippen molar-refractivity contribution in [3.8, 4) is 0 Å². The van der Waals surface area contributed by atoms with Crippen LogP contribution in [0.15, 0.2) is 12.3 Å². The second-order valence-corrected chi connectivity index (χ2v) is 5.85. The zero-order valence-electron chi connectivity index (χ0n) is 12.5. The highest BCUT2D eigenvalue weighted by atomic mass is 16.1. The Balaban J connectivity index is 1.81. The maximum atomic E-state index is 12.4. The largest absolute Gasteiger partial charge is 0.327 e. The molecule has 0 aliphatic heterocycles. The van der Waals surface area contributed by atoms with Crippen molar-refractivity contribution in [1.29, 1.82) is 0 Å². The van der Waals surface area contributed by atoms with Gasteiger partial charge in [-0.2, -0.15) is 5.10 Å². The molecule has 2 aromatic heterocycles. The summed E-state index contributed by atoms with van der Waals surface area (Å²) in [6.45, 7) is 1.94. The molecule has 2 atom stereocenters. The number of aromatic nitrogens is 3. The summed E-state index contributed by atoms with van der Waals surface area (Å²) < 4.78 is 1.74. The molecule has 1 aliphatic rings. The molecular formula is C15H21N5O. The van der Waals surface area contributed by atoms with Gasteiger partial charge in [0.05, 0.1) is 23.5 Å². The maximum Gasteiger partial charge on any atom is 0.229 e. The van der Waals surface area contributed by atoms with Crippen LogP contribution in [-0.2, 0) is 11.8 Å². The van der Waals surface area contributed by atoms with Crippen molar-refractivity contribution < 1.29 is 4.79 Å². The summed E-state index contributed by atoms with van der Waals surface area (Å²) >= 11 is 0. The smallest absolute Gasteiger partial charge is 0.229 e. The zero-order valence-corrected chi connectivity index (χ0v) is 12.5. The minimum absolute atomic E-state index is 0.00453. The van der Waals surface area contributed by atoms with E-state index in [2.05, 4.69) is 15.4 Å². The van der Waals surface area contributed by atoms with E-state index in [0.717, 1.165) is 42.4 Å². The van der Waals surface area contributed by atoms with Crippen LogP contribution in [-0.4, -0.2) is 26.7 Å². The summed E-state index contributed by atoms with van der Waals surface area (Å²) in [6, 6.07) is 1.90. The minimum atomic E-state index is -0.0931. The molecule has 2 unspecified atom stereocenters. The van der Waals surface area contributed by atoms with Gasteiger partial charge in [0.1, 0.15) is 0 Å². The molecule has 112 valence electrons.